The number of hydrogen-bond donors (Lipinski definition) is 2. The molecule has 4 aromatic rings. The lowest BCUT2D eigenvalue weighted by Gasteiger charge is -2.14. The number of aromatic hydroxyl groups is 2. The lowest BCUT2D eigenvalue weighted by atomic mass is 9.93. The van der Waals surface area contributed by atoms with E-state index in [0.29, 0.717) is 10.6 Å². The predicted octanol–water partition coefficient (Wildman–Crippen LogP) is 5.72. The monoisotopic (exact) mass is 320 g/mol. The molecule has 0 aliphatic heterocycles. The minimum atomic E-state index is 0.0567. The van der Waals surface area contributed by atoms with Gasteiger partial charge in [0.25, 0.3) is 0 Å². The summed E-state index contributed by atoms with van der Waals surface area (Å²) in [5.41, 5.74) is 1.53. The summed E-state index contributed by atoms with van der Waals surface area (Å²) in [5, 5.41) is 24.5. The summed E-state index contributed by atoms with van der Waals surface area (Å²) in [5.74, 6) is 0.274. The maximum Gasteiger partial charge on any atom is 0.142 e. The Morgan fingerprint density at radius 3 is 2.13 bits per heavy atom. The van der Waals surface area contributed by atoms with Crippen LogP contribution in [0.25, 0.3) is 32.7 Å². The highest BCUT2D eigenvalue weighted by Gasteiger charge is 2.16. The largest absolute Gasteiger partial charge is 0.507 e. The van der Waals surface area contributed by atoms with Crippen molar-refractivity contribution in [3.05, 3.63) is 71.8 Å². The molecule has 0 saturated heterocycles. The van der Waals surface area contributed by atoms with Crippen molar-refractivity contribution in [2.75, 3.05) is 0 Å². The maximum absolute atomic E-state index is 10.6. The molecule has 0 aromatic heterocycles. The van der Waals surface area contributed by atoms with Gasteiger partial charge in [0.05, 0.1) is 5.02 Å². The topological polar surface area (TPSA) is 40.5 Å². The fourth-order valence-corrected chi connectivity index (χ4v) is 3.29. The summed E-state index contributed by atoms with van der Waals surface area (Å²) >= 11 is 6.23. The van der Waals surface area contributed by atoms with Crippen molar-refractivity contribution in [2.45, 2.75) is 0 Å². The van der Waals surface area contributed by atoms with Crippen LogP contribution in [-0.4, -0.2) is 10.2 Å². The van der Waals surface area contributed by atoms with Crippen molar-refractivity contribution < 1.29 is 10.2 Å². The molecular weight excluding hydrogens is 308 g/mol. The number of benzene rings is 4. The molecule has 0 unspecified atom stereocenters. The second kappa shape index (κ2) is 5.18. The first kappa shape index (κ1) is 13.9. The summed E-state index contributed by atoms with van der Waals surface area (Å²) in [4.78, 5) is 0. The van der Waals surface area contributed by atoms with Gasteiger partial charge < -0.3 is 10.2 Å². The summed E-state index contributed by atoms with van der Waals surface area (Å²) < 4.78 is 0. The fraction of sp³-hybridized carbons (Fsp3) is 0. The maximum atomic E-state index is 10.6. The molecule has 0 fully saturated rings. The summed E-state index contributed by atoms with van der Waals surface area (Å²) in [7, 11) is 0. The van der Waals surface area contributed by atoms with Crippen molar-refractivity contribution >= 4 is 33.1 Å². The molecule has 4 aromatic carbocycles. The van der Waals surface area contributed by atoms with Crippen molar-refractivity contribution in [2.24, 2.45) is 0 Å². The van der Waals surface area contributed by atoms with Crippen molar-refractivity contribution in [1.82, 2.24) is 0 Å². The number of phenols is 2. The van der Waals surface area contributed by atoms with E-state index < -0.39 is 0 Å². The molecule has 0 aliphatic carbocycles. The first-order valence-corrected chi connectivity index (χ1v) is 7.66. The van der Waals surface area contributed by atoms with Gasteiger partial charge in [0, 0.05) is 10.9 Å². The highest BCUT2D eigenvalue weighted by Crippen LogP contribution is 2.44. The van der Waals surface area contributed by atoms with E-state index in [1.807, 2.05) is 54.6 Å². The molecule has 0 atom stereocenters. The van der Waals surface area contributed by atoms with Gasteiger partial charge in [-0.15, -0.1) is 0 Å². The van der Waals surface area contributed by atoms with Crippen LogP contribution in [0.5, 0.6) is 11.5 Å². The lowest BCUT2D eigenvalue weighted by Crippen LogP contribution is -1.87. The Labute approximate surface area is 138 Å². The Balaban J connectivity index is 2.20. The third kappa shape index (κ3) is 2.11. The van der Waals surface area contributed by atoms with Gasteiger partial charge in [0.1, 0.15) is 11.5 Å². The average molecular weight is 321 g/mol. The van der Waals surface area contributed by atoms with Gasteiger partial charge in [0.15, 0.2) is 0 Å². The van der Waals surface area contributed by atoms with Crippen LogP contribution >= 0.6 is 11.6 Å². The van der Waals surface area contributed by atoms with E-state index in [1.165, 1.54) is 0 Å². The number of halogens is 1. The molecule has 0 heterocycles. The summed E-state index contributed by atoms with van der Waals surface area (Å²) in [6.07, 6.45) is 0. The molecule has 0 spiro atoms. The van der Waals surface area contributed by atoms with Crippen LogP contribution in [0.15, 0.2) is 66.7 Å². The first-order valence-electron chi connectivity index (χ1n) is 7.28. The van der Waals surface area contributed by atoms with Gasteiger partial charge in [-0.25, -0.2) is 0 Å². The third-order valence-corrected chi connectivity index (χ3v) is 4.43. The molecule has 3 heteroatoms. The SMILES string of the molecule is Oc1c(Cl)cc2ccccc2c1-c1ccc(O)c2ccccc12. The molecule has 23 heavy (non-hydrogen) atoms. The zero-order valence-electron chi connectivity index (χ0n) is 12.1. The standard InChI is InChI=1S/C20H13ClO2/c21-17-11-12-5-1-2-6-13(12)19(20(17)23)16-9-10-18(22)15-8-4-3-7-14(15)16/h1-11,22-23H. The average Bonchev–Trinajstić information content (AvgIpc) is 2.58. The zero-order chi connectivity index (χ0) is 16.0. The second-order valence-corrected chi connectivity index (χ2v) is 5.89. The van der Waals surface area contributed by atoms with Gasteiger partial charge in [0.2, 0.25) is 0 Å². The smallest absolute Gasteiger partial charge is 0.142 e. The van der Waals surface area contributed by atoms with Crippen LogP contribution in [0.2, 0.25) is 5.02 Å². The minimum absolute atomic E-state index is 0.0567. The van der Waals surface area contributed by atoms with Gasteiger partial charge in [-0.3, -0.25) is 0 Å². The van der Waals surface area contributed by atoms with E-state index in [-0.39, 0.29) is 11.5 Å². The van der Waals surface area contributed by atoms with Crippen LogP contribution in [0.4, 0.5) is 0 Å². The molecule has 0 bridgehead atoms. The number of rotatable bonds is 1. The van der Waals surface area contributed by atoms with Crippen molar-refractivity contribution in [1.29, 1.82) is 0 Å². The first-order chi connectivity index (χ1) is 11.2. The molecule has 4 rings (SSSR count). The van der Waals surface area contributed by atoms with Gasteiger partial charge in [-0.05, 0) is 39.9 Å². The highest BCUT2D eigenvalue weighted by molar-refractivity contribution is 6.34. The molecule has 0 amide bonds. The molecule has 0 aliphatic rings. The Morgan fingerprint density at radius 1 is 0.696 bits per heavy atom. The van der Waals surface area contributed by atoms with Crippen LogP contribution in [0.1, 0.15) is 0 Å². The van der Waals surface area contributed by atoms with E-state index in [0.717, 1.165) is 27.1 Å². The summed E-state index contributed by atoms with van der Waals surface area (Å²) in [6.45, 7) is 0. The zero-order valence-corrected chi connectivity index (χ0v) is 12.9. The number of fused-ring (bicyclic) bond motifs is 2. The van der Waals surface area contributed by atoms with E-state index in [1.54, 1.807) is 12.1 Å². The van der Waals surface area contributed by atoms with E-state index in [9.17, 15) is 10.2 Å². The molecule has 0 saturated carbocycles. The molecule has 2 N–H and O–H groups in total. The van der Waals surface area contributed by atoms with Crippen molar-refractivity contribution in [3.8, 4) is 22.6 Å². The summed E-state index contributed by atoms with van der Waals surface area (Å²) in [6, 6.07) is 20.6. The van der Waals surface area contributed by atoms with Crippen LogP contribution in [0, 0.1) is 0 Å². The second-order valence-electron chi connectivity index (χ2n) is 5.48. The Bertz CT molecular complexity index is 1050. The molecule has 0 radical (unpaired) electrons. The van der Waals surface area contributed by atoms with Gasteiger partial charge in [-0.1, -0.05) is 60.1 Å². The van der Waals surface area contributed by atoms with Crippen LogP contribution < -0.4 is 0 Å². The lowest BCUT2D eigenvalue weighted by molar-refractivity contribution is 0.477. The van der Waals surface area contributed by atoms with E-state index >= 15 is 0 Å². The Kier molecular flexibility index (Phi) is 3.14. The highest BCUT2D eigenvalue weighted by atomic mass is 35.5. The van der Waals surface area contributed by atoms with Crippen molar-refractivity contribution in [3.63, 3.8) is 0 Å². The van der Waals surface area contributed by atoms with Crippen LogP contribution in [0.3, 0.4) is 0 Å². The third-order valence-electron chi connectivity index (χ3n) is 4.15. The van der Waals surface area contributed by atoms with E-state index in [4.69, 9.17) is 11.6 Å². The minimum Gasteiger partial charge on any atom is -0.507 e. The normalized spacial score (nSPS) is 11.2. The number of phenolic OH excluding ortho intramolecular Hbond substituents is 2. The Morgan fingerprint density at radius 2 is 1.35 bits per heavy atom. The van der Waals surface area contributed by atoms with Gasteiger partial charge in [-0.2, -0.15) is 0 Å². The number of hydrogen-bond acceptors (Lipinski definition) is 2. The predicted molar refractivity (Wildman–Crippen MR) is 95.2 cm³/mol. The van der Waals surface area contributed by atoms with Gasteiger partial charge >= 0.3 is 0 Å². The quantitative estimate of drug-likeness (QED) is 0.470. The molecular formula is C20H13ClO2. The Hall–Kier alpha value is -2.71. The van der Waals surface area contributed by atoms with Crippen LogP contribution in [-0.2, 0) is 0 Å². The fourth-order valence-electron chi connectivity index (χ4n) is 3.08. The molecule has 2 nitrogen and oxygen atoms in total. The molecule has 112 valence electrons. The van der Waals surface area contributed by atoms with E-state index in [2.05, 4.69) is 0 Å².